The molecule has 3 nitrogen and oxygen atoms in total. The standard InChI is InChI=1S/C15H25NO2/c1-5-7-8-13(6-2)10-16-15(17)14-9-11(3)18-12(14)4/h9,13H,5-8,10H2,1-4H3,(H,16,17). The fourth-order valence-corrected chi connectivity index (χ4v) is 2.13. The molecule has 1 heterocycles. The van der Waals surface area contributed by atoms with E-state index in [4.69, 9.17) is 4.42 Å². The van der Waals surface area contributed by atoms with E-state index in [1.807, 2.05) is 13.8 Å². The lowest BCUT2D eigenvalue weighted by Crippen LogP contribution is -2.29. The molecule has 1 aromatic rings. The van der Waals surface area contributed by atoms with Crippen molar-refractivity contribution >= 4 is 5.91 Å². The quantitative estimate of drug-likeness (QED) is 0.800. The van der Waals surface area contributed by atoms with Crippen molar-refractivity contribution in [3.63, 3.8) is 0 Å². The maximum Gasteiger partial charge on any atom is 0.254 e. The molecular formula is C15H25NO2. The number of carbonyl (C=O) groups is 1. The Morgan fingerprint density at radius 1 is 1.39 bits per heavy atom. The summed E-state index contributed by atoms with van der Waals surface area (Å²) in [6.07, 6.45) is 4.75. The van der Waals surface area contributed by atoms with Crippen LogP contribution in [0.25, 0.3) is 0 Å². The predicted molar refractivity (Wildman–Crippen MR) is 73.8 cm³/mol. The zero-order valence-electron chi connectivity index (χ0n) is 12.0. The number of hydrogen-bond donors (Lipinski definition) is 1. The van der Waals surface area contributed by atoms with E-state index in [2.05, 4.69) is 19.2 Å². The van der Waals surface area contributed by atoms with Crippen LogP contribution in [0.2, 0.25) is 0 Å². The van der Waals surface area contributed by atoms with E-state index in [-0.39, 0.29) is 5.91 Å². The van der Waals surface area contributed by atoms with E-state index in [1.54, 1.807) is 6.07 Å². The highest BCUT2D eigenvalue weighted by Gasteiger charge is 2.14. The van der Waals surface area contributed by atoms with Gasteiger partial charge in [0.05, 0.1) is 5.56 Å². The molecule has 0 spiro atoms. The largest absolute Gasteiger partial charge is 0.466 e. The topological polar surface area (TPSA) is 42.2 Å². The van der Waals surface area contributed by atoms with Gasteiger partial charge in [-0.25, -0.2) is 0 Å². The Hall–Kier alpha value is -1.25. The summed E-state index contributed by atoms with van der Waals surface area (Å²) < 4.78 is 5.37. The van der Waals surface area contributed by atoms with Gasteiger partial charge in [-0.05, 0) is 32.3 Å². The van der Waals surface area contributed by atoms with Crippen LogP contribution < -0.4 is 5.32 Å². The minimum atomic E-state index is -0.0145. The van der Waals surface area contributed by atoms with Crippen molar-refractivity contribution in [2.75, 3.05) is 6.54 Å². The fourth-order valence-electron chi connectivity index (χ4n) is 2.13. The zero-order chi connectivity index (χ0) is 13.5. The van der Waals surface area contributed by atoms with Crippen molar-refractivity contribution in [3.05, 3.63) is 23.2 Å². The molecule has 1 unspecified atom stereocenters. The second-order valence-electron chi connectivity index (χ2n) is 4.95. The van der Waals surface area contributed by atoms with Crippen LogP contribution in [-0.2, 0) is 0 Å². The summed E-state index contributed by atoms with van der Waals surface area (Å²) in [4.78, 5) is 12.0. The molecule has 1 aromatic heterocycles. The van der Waals surface area contributed by atoms with Crippen LogP contribution in [0.15, 0.2) is 10.5 Å². The van der Waals surface area contributed by atoms with Gasteiger partial charge in [0.25, 0.3) is 5.91 Å². The minimum absolute atomic E-state index is 0.0145. The highest BCUT2D eigenvalue weighted by molar-refractivity contribution is 5.95. The Morgan fingerprint density at radius 2 is 2.11 bits per heavy atom. The zero-order valence-corrected chi connectivity index (χ0v) is 12.0. The number of aryl methyl sites for hydroxylation is 2. The predicted octanol–water partition coefficient (Wildman–Crippen LogP) is 3.84. The molecule has 102 valence electrons. The van der Waals surface area contributed by atoms with E-state index in [0.717, 1.165) is 18.7 Å². The summed E-state index contributed by atoms with van der Waals surface area (Å²) in [5.74, 6) is 2.06. The van der Waals surface area contributed by atoms with E-state index in [1.165, 1.54) is 19.3 Å². The van der Waals surface area contributed by atoms with Crippen LogP contribution >= 0.6 is 0 Å². The second kappa shape index (κ2) is 7.24. The molecule has 0 aliphatic heterocycles. The minimum Gasteiger partial charge on any atom is -0.466 e. The van der Waals surface area contributed by atoms with Crippen molar-refractivity contribution in [1.82, 2.24) is 5.32 Å². The molecule has 0 aliphatic carbocycles. The summed E-state index contributed by atoms with van der Waals surface area (Å²) >= 11 is 0. The van der Waals surface area contributed by atoms with Crippen LogP contribution in [0.5, 0.6) is 0 Å². The van der Waals surface area contributed by atoms with Crippen LogP contribution in [-0.4, -0.2) is 12.5 Å². The Labute approximate surface area is 110 Å². The molecule has 0 radical (unpaired) electrons. The van der Waals surface area contributed by atoms with Gasteiger partial charge in [-0.15, -0.1) is 0 Å². The number of nitrogens with one attached hydrogen (secondary N) is 1. The van der Waals surface area contributed by atoms with Crippen LogP contribution in [0.1, 0.15) is 61.4 Å². The lowest BCUT2D eigenvalue weighted by Gasteiger charge is -2.14. The fraction of sp³-hybridized carbons (Fsp3) is 0.667. The van der Waals surface area contributed by atoms with Crippen molar-refractivity contribution in [2.45, 2.75) is 53.4 Å². The van der Waals surface area contributed by atoms with Gasteiger partial charge in [-0.1, -0.05) is 33.1 Å². The van der Waals surface area contributed by atoms with Gasteiger partial charge in [0.15, 0.2) is 0 Å². The first-order valence-corrected chi connectivity index (χ1v) is 6.93. The number of carbonyl (C=O) groups excluding carboxylic acids is 1. The van der Waals surface area contributed by atoms with Gasteiger partial charge >= 0.3 is 0 Å². The molecule has 0 saturated heterocycles. The molecule has 0 saturated carbocycles. The highest BCUT2D eigenvalue weighted by atomic mass is 16.3. The Balaban J connectivity index is 2.47. The lowest BCUT2D eigenvalue weighted by molar-refractivity contribution is 0.0944. The average Bonchev–Trinajstić information content (AvgIpc) is 2.68. The molecule has 0 aromatic carbocycles. The lowest BCUT2D eigenvalue weighted by atomic mass is 9.99. The van der Waals surface area contributed by atoms with Gasteiger partial charge < -0.3 is 9.73 Å². The number of rotatable bonds is 7. The molecule has 0 bridgehead atoms. The summed E-state index contributed by atoms with van der Waals surface area (Å²) in [6.45, 7) is 8.83. The second-order valence-corrected chi connectivity index (χ2v) is 4.95. The Bertz CT molecular complexity index is 382. The third-order valence-electron chi connectivity index (χ3n) is 3.38. The molecule has 1 amide bonds. The molecule has 1 N–H and O–H groups in total. The summed E-state index contributed by atoms with van der Waals surface area (Å²) in [7, 11) is 0. The normalized spacial score (nSPS) is 12.4. The van der Waals surface area contributed by atoms with E-state index < -0.39 is 0 Å². The van der Waals surface area contributed by atoms with Crippen LogP contribution in [0.3, 0.4) is 0 Å². The monoisotopic (exact) mass is 251 g/mol. The maximum atomic E-state index is 12.0. The number of hydrogen-bond acceptors (Lipinski definition) is 2. The van der Waals surface area contributed by atoms with Gasteiger partial charge in [-0.3, -0.25) is 4.79 Å². The van der Waals surface area contributed by atoms with Gasteiger partial charge in [0.1, 0.15) is 11.5 Å². The number of amides is 1. The molecule has 18 heavy (non-hydrogen) atoms. The average molecular weight is 251 g/mol. The van der Waals surface area contributed by atoms with Crippen molar-refractivity contribution in [1.29, 1.82) is 0 Å². The first kappa shape index (κ1) is 14.8. The maximum absolute atomic E-state index is 12.0. The molecular weight excluding hydrogens is 226 g/mol. The first-order chi connectivity index (χ1) is 8.58. The van der Waals surface area contributed by atoms with Crippen molar-refractivity contribution in [3.8, 4) is 0 Å². The van der Waals surface area contributed by atoms with Gasteiger partial charge in [-0.2, -0.15) is 0 Å². The third kappa shape index (κ3) is 4.21. The molecule has 1 rings (SSSR count). The van der Waals surface area contributed by atoms with Crippen molar-refractivity contribution < 1.29 is 9.21 Å². The molecule has 0 fully saturated rings. The summed E-state index contributed by atoms with van der Waals surface area (Å²) in [6, 6.07) is 1.80. The SMILES string of the molecule is CCCCC(CC)CNC(=O)c1cc(C)oc1C. The molecule has 1 atom stereocenters. The van der Waals surface area contributed by atoms with Crippen molar-refractivity contribution in [2.24, 2.45) is 5.92 Å². The highest BCUT2D eigenvalue weighted by Crippen LogP contribution is 2.15. The van der Waals surface area contributed by atoms with Crippen LogP contribution in [0.4, 0.5) is 0 Å². The number of furan rings is 1. The smallest absolute Gasteiger partial charge is 0.254 e. The van der Waals surface area contributed by atoms with E-state index >= 15 is 0 Å². The number of unbranched alkanes of at least 4 members (excludes halogenated alkanes) is 1. The Morgan fingerprint density at radius 3 is 2.61 bits per heavy atom. The van der Waals surface area contributed by atoms with E-state index in [0.29, 0.717) is 17.2 Å². The molecule has 3 heteroatoms. The third-order valence-corrected chi connectivity index (χ3v) is 3.38. The Kier molecular flexibility index (Phi) is 5.96. The molecule has 0 aliphatic rings. The van der Waals surface area contributed by atoms with Crippen LogP contribution in [0, 0.1) is 19.8 Å². The summed E-state index contributed by atoms with van der Waals surface area (Å²) in [5.41, 5.74) is 0.665. The van der Waals surface area contributed by atoms with E-state index in [9.17, 15) is 4.79 Å². The van der Waals surface area contributed by atoms with Gasteiger partial charge in [0, 0.05) is 6.54 Å². The summed E-state index contributed by atoms with van der Waals surface area (Å²) in [5, 5.41) is 3.01. The van der Waals surface area contributed by atoms with Gasteiger partial charge in [0.2, 0.25) is 0 Å². The first-order valence-electron chi connectivity index (χ1n) is 6.93.